The lowest BCUT2D eigenvalue weighted by Crippen LogP contribution is -1.93. The van der Waals surface area contributed by atoms with E-state index in [1.165, 1.54) is 6.20 Å². The molecule has 78 valence electrons. The Labute approximate surface area is 92.2 Å². The number of rotatable bonds is 2. The van der Waals surface area contributed by atoms with Gasteiger partial charge < -0.3 is 0 Å². The first-order valence-corrected chi connectivity index (χ1v) is 4.73. The van der Waals surface area contributed by atoms with Crippen molar-refractivity contribution in [2.45, 2.75) is 6.42 Å². The molecule has 2 rings (SSSR count). The quantitative estimate of drug-likeness (QED) is 0.719. The summed E-state index contributed by atoms with van der Waals surface area (Å²) in [5.41, 5.74) is 1.73. The van der Waals surface area contributed by atoms with E-state index in [1.54, 1.807) is 30.6 Å². The monoisotopic (exact) mass is 213 g/mol. The van der Waals surface area contributed by atoms with Crippen LogP contribution in [0.4, 0.5) is 4.39 Å². The van der Waals surface area contributed by atoms with Gasteiger partial charge in [-0.05, 0) is 17.7 Å². The molecule has 0 fully saturated rings. The molecule has 0 aliphatic rings. The minimum atomic E-state index is -0.547. The highest BCUT2D eigenvalue weighted by Gasteiger charge is 2.07. The number of nitrogens with zero attached hydrogens (tertiary/aromatic N) is 3. The van der Waals surface area contributed by atoms with Crippen LogP contribution in [0.25, 0.3) is 11.1 Å². The van der Waals surface area contributed by atoms with Gasteiger partial charge >= 0.3 is 0 Å². The Balaban J connectivity index is 2.48. The molecule has 2 aromatic rings. The maximum atomic E-state index is 13.5. The predicted molar refractivity (Wildman–Crippen MR) is 56.7 cm³/mol. The number of pyridine rings is 2. The molecule has 0 radical (unpaired) electrons. The van der Waals surface area contributed by atoms with Crippen LogP contribution >= 0.6 is 0 Å². The zero-order chi connectivity index (χ0) is 11.4. The van der Waals surface area contributed by atoms with Gasteiger partial charge in [0.05, 0.1) is 12.5 Å². The van der Waals surface area contributed by atoms with Crippen LogP contribution in [0.15, 0.2) is 36.8 Å². The molecule has 16 heavy (non-hydrogen) atoms. The van der Waals surface area contributed by atoms with Crippen molar-refractivity contribution in [2.75, 3.05) is 0 Å². The molecule has 0 unspecified atom stereocenters. The Morgan fingerprint density at radius 3 is 2.94 bits per heavy atom. The lowest BCUT2D eigenvalue weighted by atomic mass is 10.1. The van der Waals surface area contributed by atoms with Crippen LogP contribution in [0.3, 0.4) is 0 Å². The summed E-state index contributed by atoms with van der Waals surface area (Å²) in [6.45, 7) is 0. The van der Waals surface area contributed by atoms with Gasteiger partial charge in [-0.1, -0.05) is 6.07 Å². The number of hydrogen-bond acceptors (Lipinski definition) is 3. The summed E-state index contributed by atoms with van der Waals surface area (Å²) in [4.78, 5) is 7.55. The molecule has 0 saturated carbocycles. The summed E-state index contributed by atoms with van der Waals surface area (Å²) in [5.74, 6) is -0.547. The molecule has 0 bridgehead atoms. The van der Waals surface area contributed by atoms with E-state index in [4.69, 9.17) is 5.26 Å². The molecule has 0 aliphatic carbocycles. The van der Waals surface area contributed by atoms with Crippen LogP contribution < -0.4 is 0 Å². The molecule has 0 aromatic carbocycles. The molecule has 0 saturated heterocycles. The van der Waals surface area contributed by atoms with Crippen LogP contribution in [0.1, 0.15) is 5.56 Å². The summed E-state index contributed by atoms with van der Waals surface area (Å²) in [7, 11) is 0. The van der Waals surface area contributed by atoms with Crippen molar-refractivity contribution in [3.63, 3.8) is 0 Å². The fraction of sp³-hybridized carbons (Fsp3) is 0.0833. The number of hydrogen-bond donors (Lipinski definition) is 0. The Kier molecular flexibility index (Phi) is 2.88. The van der Waals surface area contributed by atoms with Gasteiger partial charge in [0.25, 0.3) is 0 Å². The number of aromatic nitrogens is 2. The minimum absolute atomic E-state index is 0.223. The molecular weight excluding hydrogens is 205 g/mol. The molecule has 0 atom stereocenters. The van der Waals surface area contributed by atoms with E-state index >= 15 is 0 Å². The first kappa shape index (κ1) is 10.2. The molecule has 0 N–H and O–H groups in total. The van der Waals surface area contributed by atoms with Crippen molar-refractivity contribution >= 4 is 0 Å². The van der Waals surface area contributed by atoms with E-state index < -0.39 is 5.95 Å². The number of nitriles is 1. The highest BCUT2D eigenvalue weighted by molar-refractivity contribution is 5.62. The van der Waals surface area contributed by atoms with Crippen LogP contribution in [0, 0.1) is 17.3 Å². The molecule has 4 heteroatoms. The maximum Gasteiger partial charge on any atom is 0.220 e. The zero-order valence-electron chi connectivity index (χ0n) is 8.39. The molecule has 0 spiro atoms. The van der Waals surface area contributed by atoms with Crippen molar-refractivity contribution in [1.82, 2.24) is 9.97 Å². The fourth-order valence-electron chi connectivity index (χ4n) is 1.40. The summed E-state index contributed by atoms with van der Waals surface area (Å²) in [5, 5.41) is 8.57. The largest absolute Gasteiger partial charge is 0.264 e. The highest BCUT2D eigenvalue weighted by Crippen LogP contribution is 2.21. The van der Waals surface area contributed by atoms with Gasteiger partial charge in [0.2, 0.25) is 5.95 Å². The average Bonchev–Trinajstić information content (AvgIpc) is 2.33. The van der Waals surface area contributed by atoms with Gasteiger partial charge in [0, 0.05) is 29.7 Å². The first-order chi connectivity index (χ1) is 7.81. The average molecular weight is 213 g/mol. The van der Waals surface area contributed by atoms with E-state index in [9.17, 15) is 4.39 Å². The van der Waals surface area contributed by atoms with Gasteiger partial charge in [0.1, 0.15) is 0 Å². The van der Waals surface area contributed by atoms with E-state index in [-0.39, 0.29) is 6.42 Å². The Bertz CT molecular complexity index is 532. The third kappa shape index (κ3) is 2.04. The standard InChI is InChI=1S/C12H8FN3/c13-12-11(10-2-1-5-15-8-10)6-9(3-4-14)7-16-12/h1-2,5-8H,3H2. The highest BCUT2D eigenvalue weighted by atomic mass is 19.1. The molecule has 2 aromatic heterocycles. The third-order valence-corrected chi connectivity index (χ3v) is 2.15. The lowest BCUT2D eigenvalue weighted by molar-refractivity contribution is 0.586. The van der Waals surface area contributed by atoms with E-state index in [1.807, 2.05) is 6.07 Å². The van der Waals surface area contributed by atoms with Crippen molar-refractivity contribution in [2.24, 2.45) is 0 Å². The second kappa shape index (κ2) is 4.49. The van der Waals surface area contributed by atoms with Gasteiger partial charge in [-0.25, -0.2) is 4.98 Å². The second-order valence-electron chi connectivity index (χ2n) is 3.26. The SMILES string of the molecule is N#CCc1cnc(F)c(-c2cccnc2)c1. The minimum Gasteiger partial charge on any atom is -0.264 e. The summed E-state index contributed by atoms with van der Waals surface area (Å²) in [6, 6.07) is 7.11. The van der Waals surface area contributed by atoms with Crippen LogP contribution in [-0.2, 0) is 6.42 Å². The smallest absolute Gasteiger partial charge is 0.220 e. The molecule has 2 heterocycles. The fourth-order valence-corrected chi connectivity index (χ4v) is 1.40. The zero-order valence-corrected chi connectivity index (χ0v) is 8.39. The Hall–Kier alpha value is -2.28. The predicted octanol–water partition coefficient (Wildman–Crippen LogP) is 2.35. The van der Waals surface area contributed by atoms with Gasteiger partial charge in [-0.15, -0.1) is 0 Å². The van der Waals surface area contributed by atoms with Crippen LogP contribution in [0.2, 0.25) is 0 Å². The molecule has 0 aliphatic heterocycles. The third-order valence-electron chi connectivity index (χ3n) is 2.15. The topological polar surface area (TPSA) is 49.6 Å². The normalized spacial score (nSPS) is 9.75. The number of halogens is 1. The van der Waals surface area contributed by atoms with Crippen molar-refractivity contribution in [3.05, 3.63) is 48.3 Å². The molecule has 0 amide bonds. The van der Waals surface area contributed by atoms with E-state index in [0.29, 0.717) is 16.7 Å². The maximum absolute atomic E-state index is 13.5. The Morgan fingerprint density at radius 1 is 1.38 bits per heavy atom. The molecular formula is C12H8FN3. The van der Waals surface area contributed by atoms with E-state index in [0.717, 1.165) is 0 Å². The van der Waals surface area contributed by atoms with Gasteiger partial charge in [-0.3, -0.25) is 4.98 Å². The summed E-state index contributed by atoms with van der Waals surface area (Å²) in [6.07, 6.45) is 4.78. The van der Waals surface area contributed by atoms with Crippen LogP contribution in [0.5, 0.6) is 0 Å². The summed E-state index contributed by atoms with van der Waals surface area (Å²) < 4.78 is 13.5. The molecule has 3 nitrogen and oxygen atoms in total. The Morgan fingerprint density at radius 2 is 2.25 bits per heavy atom. The van der Waals surface area contributed by atoms with Gasteiger partial charge in [-0.2, -0.15) is 9.65 Å². The summed E-state index contributed by atoms with van der Waals surface area (Å²) >= 11 is 0. The van der Waals surface area contributed by atoms with Crippen molar-refractivity contribution < 1.29 is 4.39 Å². The van der Waals surface area contributed by atoms with Crippen molar-refractivity contribution in [3.8, 4) is 17.2 Å². The van der Waals surface area contributed by atoms with Gasteiger partial charge in [0.15, 0.2) is 0 Å². The van der Waals surface area contributed by atoms with E-state index in [2.05, 4.69) is 9.97 Å². The lowest BCUT2D eigenvalue weighted by Gasteiger charge is -2.03. The second-order valence-corrected chi connectivity index (χ2v) is 3.26. The van der Waals surface area contributed by atoms with Crippen molar-refractivity contribution in [1.29, 1.82) is 5.26 Å². The van der Waals surface area contributed by atoms with Crippen LogP contribution in [-0.4, -0.2) is 9.97 Å². The first-order valence-electron chi connectivity index (χ1n) is 4.73.